The van der Waals surface area contributed by atoms with Crippen molar-refractivity contribution in [3.63, 3.8) is 0 Å². The standard InChI is InChI=1S/C11H15Cl2NO3/c1-5-6-10(13)9(15)7(12)8(14-2)11(10,16-3)17-4/h5,7H,1,6H2,2-4H3/t7?,10-/m0/s1. The third kappa shape index (κ3) is 1.74. The lowest BCUT2D eigenvalue weighted by Crippen LogP contribution is -2.55. The van der Waals surface area contributed by atoms with Gasteiger partial charge in [0.15, 0.2) is 10.7 Å². The molecule has 0 N–H and O–H groups in total. The van der Waals surface area contributed by atoms with Crippen molar-refractivity contribution in [1.29, 1.82) is 0 Å². The molecule has 0 aliphatic heterocycles. The molecule has 0 saturated heterocycles. The molecule has 1 aliphatic carbocycles. The number of ketones is 1. The first-order valence-corrected chi connectivity index (χ1v) is 5.82. The van der Waals surface area contributed by atoms with Crippen LogP contribution in [-0.4, -0.2) is 48.8 Å². The van der Waals surface area contributed by atoms with Crippen molar-refractivity contribution in [3.05, 3.63) is 12.7 Å². The molecule has 0 aromatic heterocycles. The molecule has 6 heteroatoms. The summed E-state index contributed by atoms with van der Waals surface area (Å²) >= 11 is 12.4. The van der Waals surface area contributed by atoms with Crippen LogP contribution < -0.4 is 0 Å². The molecular formula is C11H15Cl2NO3. The molecule has 0 aromatic carbocycles. The number of carbonyl (C=O) groups is 1. The Morgan fingerprint density at radius 1 is 1.53 bits per heavy atom. The van der Waals surface area contributed by atoms with E-state index in [2.05, 4.69) is 11.6 Å². The summed E-state index contributed by atoms with van der Waals surface area (Å²) in [5.41, 5.74) is 0.283. The molecule has 1 rings (SSSR count). The molecule has 4 nitrogen and oxygen atoms in total. The maximum atomic E-state index is 12.2. The van der Waals surface area contributed by atoms with Crippen molar-refractivity contribution < 1.29 is 14.3 Å². The van der Waals surface area contributed by atoms with Crippen molar-refractivity contribution in [1.82, 2.24) is 0 Å². The highest BCUT2D eigenvalue weighted by atomic mass is 35.5. The Labute approximate surface area is 111 Å². The molecule has 0 bridgehead atoms. The Morgan fingerprint density at radius 3 is 2.41 bits per heavy atom. The number of Topliss-reactive ketones (excluding diaryl/α,β-unsaturated/α-hetero) is 1. The molecule has 0 spiro atoms. The molecule has 96 valence electrons. The highest BCUT2D eigenvalue weighted by Gasteiger charge is 2.68. The lowest BCUT2D eigenvalue weighted by molar-refractivity contribution is -0.174. The third-order valence-corrected chi connectivity index (χ3v) is 3.96. The highest BCUT2D eigenvalue weighted by Crippen LogP contribution is 2.47. The molecule has 0 amide bonds. The van der Waals surface area contributed by atoms with Crippen LogP contribution in [0.2, 0.25) is 0 Å². The Kier molecular flexibility index (Phi) is 4.36. The molecule has 0 aromatic rings. The quantitative estimate of drug-likeness (QED) is 0.448. The normalized spacial score (nSPS) is 34.3. The number of aliphatic imine (C=N–C) groups is 1. The van der Waals surface area contributed by atoms with Gasteiger partial charge in [0.05, 0.1) is 5.71 Å². The first-order valence-electron chi connectivity index (χ1n) is 5.00. The molecule has 1 saturated carbocycles. The van der Waals surface area contributed by atoms with Crippen LogP contribution in [0.4, 0.5) is 0 Å². The summed E-state index contributed by atoms with van der Waals surface area (Å²) in [5.74, 6) is -1.83. The number of carbonyl (C=O) groups excluding carboxylic acids is 1. The van der Waals surface area contributed by atoms with Gasteiger partial charge in [-0.15, -0.1) is 29.8 Å². The zero-order chi connectivity index (χ0) is 13.3. The second-order valence-corrected chi connectivity index (χ2v) is 4.74. The Morgan fingerprint density at radius 2 is 2.06 bits per heavy atom. The summed E-state index contributed by atoms with van der Waals surface area (Å²) in [6, 6.07) is 0. The number of methoxy groups -OCH3 is 2. The minimum Gasteiger partial charge on any atom is -0.347 e. The molecule has 2 atom stereocenters. The highest BCUT2D eigenvalue weighted by molar-refractivity contribution is 6.56. The molecule has 0 heterocycles. The third-order valence-electron chi connectivity index (χ3n) is 2.96. The summed E-state index contributed by atoms with van der Waals surface area (Å²) in [6.45, 7) is 3.58. The number of allylic oxidation sites excluding steroid dienone is 1. The predicted octanol–water partition coefficient (Wildman–Crippen LogP) is 1.79. The maximum Gasteiger partial charge on any atom is 0.236 e. The lowest BCUT2D eigenvalue weighted by atomic mass is 9.95. The molecule has 17 heavy (non-hydrogen) atoms. The van der Waals surface area contributed by atoms with E-state index in [1.165, 1.54) is 27.3 Å². The van der Waals surface area contributed by atoms with Gasteiger partial charge in [0, 0.05) is 21.3 Å². The number of hydrogen-bond acceptors (Lipinski definition) is 4. The number of alkyl halides is 2. The van der Waals surface area contributed by atoms with Crippen LogP contribution in [0.1, 0.15) is 6.42 Å². The van der Waals surface area contributed by atoms with Gasteiger partial charge in [-0.1, -0.05) is 6.08 Å². The second-order valence-electron chi connectivity index (χ2n) is 3.65. The van der Waals surface area contributed by atoms with Crippen LogP contribution in [0.5, 0.6) is 0 Å². The van der Waals surface area contributed by atoms with Crippen LogP contribution in [0.15, 0.2) is 17.6 Å². The number of ether oxygens (including phenoxy) is 2. The lowest BCUT2D eigenvalue weighted by Gasteiger charge is -2.37. The van der Waals surface area contributed by atoms with E-state index in [0.717, 1.165) is 0 Å². The summed E-state index contributed by atoms with van der Waals surface area (Å²) < 4.78 is 10.6. The van der Waals surface area contributed by atoms with Crippen molar-refractivity contribution in [2.45, 2.75) is 22.5 Å². The van der Waals surface area contributed by atoms with Crippen LogP contribution in [0, 0.1) is 0 Å². The largest absolute Gasteiger partial charge is 0.347 e. The van der Waals surface area contributed by atoms with Crippen molar-refractivity contribution in [2.24, 2.45) is 4.99 Å². The van der Waals surface area contributed by atoms with Gasteiger partial charge in [-0.25, -0.2) is 0 Å². The van der Waals surface area contributed by atoms with Crippen LogP contribution in [0.3, 0.4) is 0 Å². The Bertz CT molecular complexity index is 366. The van der Waals surface area contributed by atoms with E-state index in [0.29, 0.717) is 0 Å². The molecule has 1 aliphatic rings. The van der Waals surface area contributed by atoms with Crippen molar-refractivity contribution in [3.8, 4) is 0 Å². The number of nitrogens with zero attached hydrogens (tertiary/aromatic N) is 1. The summed E-state index contributed by atoms with van der Waals surface area (Å²) in [6.07, 6.45) is 1.71. The van der Waals surface area contributed by atoms with Gasteiger partial charge >= 0.3 is 0 Å². The van der Waals surface area contributed by atoms with Gasteiger partial charge in [0.2, 0.25) is 5.79 Å². The summed E-state index contributed by atoms with van der Waals surface area (Å²) in [7, 11) is 4.32. The Balaban J connectivity index is 3.46. The average Bonchev–Trinajstić information content (AvgIpc) is 2.48. The van der Waals surface area contributed by atoms with Crippen molar-refractivity contribution >= 4 is 34.7 Å². The van der Waals surface area contributed by atoms with Crippen LogP contribution in [-0.2, 0) is 14.3 Å². The van der Waals surface area contributed by atoms with Gasteiger partial charge in [-0.05, 0) is 6.42 Å². The average molecular weight is 280 g/mol. The monoisotopic (exact) mass is 279 g/mol. The summed E-state index contributed by atoms with van der Waals surface area (Å²) in [4.78, 5) is 14.7. The fourth-order valence-corrected chi connectivity index (χ4v) is 3.12. The first-order chi connectivity index (χ1) is 7.95. The van der Waals surface area contributed by atoms with Gasteiger partial charge in [-0.2, -0.15) is 0 Å². The summed E-state index contributed by atoms with van der Waals surface area (Å²) in [5, 5.41) is -0.947. The van der Waals surface area contributed by atoms with E-state index in [9.17, 15) is 4.79 Å². The van der Waals surface area contributed by atoms with E-state index in [-0.39, 0.29) is 17.9 Å². The predicted molar refractivity (Wildman–Crippen MR) is 68.2 cm³/mol. The number of halogens is 2. The fraction of sp³-hybridized carbons (Fsp3) is 0.636. The molecule has 1 fully saturated rings. The minimum absolute atomic E-state index is 0.178. The van der Waals surface area contributed by atoms with Crippen molar-refractivity contribution in [2.75, 3.05) is 21.3 Å². The zero-order valence-electron chi connectivity index (χ0n) is 10.00. The second kappa shape index (κ2) is 5.06. The molecule has 0 radical (unpaired) electrons. The van der Waals surface area contributed by atoms with Crippen LogP contribution >= 0.6 is 23.2 Å². The fourth-order valence-electron chi connectivity index (χ4n) is 2.17. The van der Waals surface area contributed by atoms with E-state index in [1.54, 1.807) is 0 Å². The minimum atomic E-state index is -1.44. The van der Waals surface area contributed by atoms with E-state index < -0.39 is 16.0 Å². The van der Waals surface area contributed by atoms with E-state index in [1.807, 2.05) is 0 Å². The number of hydrogen-bond donors (Lipinski definition) is 0. The van der Waals surface area contributed by atoms with Gasteiger partial charge in [0.25, 0.3) is 0 Å². The van der Waals surface area contributed by atoms with E-state index in [4.69, 9.17) is 32.7 Å². The van der Waals surface area contributed by atoms with Gasteiger partial charge in [-0.3, -0.25) is 9.79 Å². The maximum absolute atomic E-state index is 12.2. The molecule has 1 unspecified atom stereocenters. The topological polar surface area (TPSA) is 47.9 Å². The zero-order valence-corrected chi connectivity index (χ0v) is 11.5. The van der Waals surface area contributed by atoms with Crippen LogP contribution in [0.25, 0.3) is 0 Å². The van der Waals surface area contributed by atoms with Gasteiger partial charge < -0.3 is 9.47 Å². The SMILES string of the molecule is C=CC[C@]1(Cl)C(=O)C(Cl)C(=NC)C1(OC)OC. The first kappa shape index (κ1) is 14.6. The molecular weight excluding hydrogens is 265 g/mol. The van der Waals surface area contributed by atoms with E-state index >= 15 is 0 Å². The Hall–Kier alpha value is -0.420. The number of rotatable bonds is 4. The van der Waals surface area contributed by atoms with Gasteiger partial charge in [0.1, 0.15) is 5.38 Å². The smallest absolute Gasteiger partial charge is 0.236 e.